The molecule has 1 N–H and O–H groups in total. The van der Waals surface area contributed by atoms with Crippen LogP contribution in [0.1, 0.15) is 5.69 Å². The summed E-state index contributed by atoms with van der Waals surface area (Å²) in [6, 6.07) is 16.4. The van der Waals surface area contributed by atoms with Crippen molar-refractivity contribution in [2.24, 2.45) is 17.3 Å². The van der Waals surface area contributed by atoms with Crippen molar-refractivity contribution in [2.75, 3.05) is 5.01 Å². The molecule has 2 aromatic carbocycles. The van der Waals surface area contributed by atoms with Crippen LogP contribution in [0.5, 0.6) is 0 Å². The second-order valence-corrected chi connectivity index (χ2v) is 6.51. The van der Waals surface area contributed by atoms with Gasteiger partial charge >= 0.3 is 0 Å². The van der Waals surface area contributed by atoms with Crippen molar-refractivity contribution in [1.29, 1.82) is 0 Å². The van der Waals surface area contributed by atoms with Crippen molar-refractivity contribution in [1.82, 2.24) is 14.8 Å². The van der Waals surface area contributed by atoms with Crippen molar-refractivity contribution in [3.8, 4) is 5.69 Å². The van der Waals surface area contributed by atoms with Gasteiger partial charge in [0.25, 0.3) is 17.4 Å². The van der Waals surface area contributed by atoms with Gasteiger partial charge in [-0.05, 0) is 31.2 Å². The molecule has 0 bridgehead atoms. The van der Waals surface area contributed by atoms with Crippen molar-refractivity contribution < 1.29 is 9.59 Å². The number of nitrogens with one attached hydrogen (secondary N) is 1. The predicted molar refractivity (Wildman–Crippen MR) is 106 cm³/mol. The second kappa shape index (κ2) is 7.19. The zero-order chi connectivity index (χ0) is 20.5. The van der Waals surface area contributed by atoms with Crippen LogP contribution in [0.4, 0.5) is 11.4 Å². The van der Waals surface area contributed by atoms with Gasteiger partial charge in [0.05, 0.1) is 17.1 Å². The lowest BCUT2D eigenvalue weighted by Crippen LogP contribution is -2.35. The lowest BCUT2D eigenvalue weighted by molar-refractivity contribution is -0.124. The summed E-state index contributed by atoms with van der Waals surface area (Å²) < 4.78 is 3.11. The Balaban J connectivity index is 1.66. The van der Waals surface area contributed by atoms with Gasteiger partial charge in [-0.15, -0.1) is 5.11 Å². The van der Waals surface area contributed by atoms with Crippen LogP contribution in [0.2, 0.25) is 0 Å². The zero-order valence-corrected chi connectivity index (χ0v) is 15.8. The highest BCUT2D eigenvalue weighted by molar-refractivity contribution is 6.17. The number of para-hydroxylation sites is 2. The van der Waals surface area contributed by atoms with Gasteiger partial charge in [-0.1, -0.05) is 36.4 Å². The molecule has 1 fully saturated rings. The number of anilines is 1. The van der Waals surface area contributed by atoms with E-state index in [9.17, 15) is 14.4 Å². The third kappa shape index (κ3) is 3.12. The highest BCUT2D eigenvalue weighted by Crippen LogP contribution is 2.21. The van der Waals surface area contributed by atoms with Crippen LogP contribution in [-0.2, 0) is 16.6 Å². The molecule has 29 heavy (non-hydrogen) atoms. The molecule has 1 aliphatic rings. The first-order chi connectivity index (χ1) is 14.0. The van der Waals surface area contributed by atoms with Gasteiger partial charge in [0, 0.05) is 7.05 Å². The minimum absolute atomic E-state index is 0.0788. The molecular weight excluding hydrogens is 372 g/mol. The Hall–Kier alpha value is -4.01. The lowest BCUT2D eigenvalue weighted by atomic mass is 10.3. The summed E-state index contributed by atoms with van der Waals surface area (Å²) in [6.45, 7) is 1.72. The fourth-order valence-corrected chi connectivity index (χ4v) is 3.12. The van der Waals surface area contributed by atoms with Crippen LogP contribution in [-0.4, -0.2) is 27.2 Å². The molecule has 0 aliphatic carbocycles. The minimum Gasteiger partial charge on any atom is -0.283 e. The minimum atomic E-state index is -1.35. The highest BCUT2D eigenvalue weighted by atomic mass is 16.2. The predicted octanol–water partition coefficient (Wildman–Crippen LogP) is 2.01. The van der Waals surface area contributed by atoms with E-state index in [1.54, 1.807) is 61.1 Å². The summed E-state index contributed by atoms with van der Waals surface area (Å²) in [6.07, 6.45) is 0. The molecule has 0 unspecified atom stereocenters. The summed E-state index contributed by atoms with van der Waals surface area (Å²) in [5.74, 6) is -1.15. The Morgan fingerprint density at radius 3 is 2.10 bits per heavy atom. The molecule has 9 heteroatoms. The number of rotatable bonds is 4. The standard InChI is InChI=1S/C20H18N6O3/c1-13-16(20(29)26(24(13)2)15-11-7-4-8-12-15)21-22-17-18(27)23-25(19(17)28)14-9-5-3-6-10-14/h3-12,17H,1-2H3,(H,23,27)/t17-/m0/s1. The van der Waals surface area contributed by atoms with E-state index in [1.165, 1.54) is 4.68 Å². The normalized spacial score (nSPS) is 16.6. The molecule has 0 radical (unpaired) electrons. The van der Waals surface area contributed by atoms with Gasteiger partial charge in [0.1, 0.15) is 0 Å². The van der Waals surface area contributed by atoms with E-state index in [-0.39, 0.29) is 11.2 Å². The molecule has 2 heterocycles. The SMILES string of the molecule is Cc1c(N=N[C@H]2C(=O)NN(c3ccccc3)C2=O)c(=O)n(-c2ccccc2)n1C. The van der Waals surface area contributed by atoms with E-state index in [4.69, 9.17) is 0 Å². The maximum atomic E-state index is 12.9. The lowest BCUT2D eigenvalue weighted by Gasteiger charge is -2.14. The van der Waals surface area contributed by atoms with Gasteiger partial charge in [0.15, 0.2) is 5.69 Å². The van der Waals surface area contributed by atoms with Crippen LogP contribution in [0, 0.1) is 6.92 Å². The average molecular weight is 390 g/mol. The molecule has 2 amide bonds. The number of hydrazine groups is 1. The van der Waals surface area contributed by atoms with E-state index in [1.807, 2.05) is 18.2 Å². The fourth-order valence-electron chi connectivity index (χ4n) is 3.12. The Morgan fingerprint density at radius 2 is 1.48 bits per heavy atom. The first-order valence-corrected chi connectivity index (χ1v) is 8.93. The fraction of sp³-hybridized carbons (Fsp3) is 0.150. The monoisotopic (exact) mass is 390 g/mol. The first-order valence-electron chi connectivity index (χ1n) is 8.93. The van der Waals surface area contributed by atoms with Gasteiger partial charge in [-0.3, -0.25) is 24.5 Å². The maximum Gasteiger partial charge on any atom is 0.299 e. The summed E-state index contributed by atoms with van der Waals surface area (Å²) in [5.41, 5.74) is 3.93. The summed E-state index contributed by atoms with van der Waals surface area (Å²) >= 11 is 0. The Kier molecular flexibility index (Phi) is 4.55. The third-order valence-electron chi connectivity index (χ3n) is 4.74. The van der Waals surface area contributed by atoms with Crippen LogP contribution < -0.4 is 16.0 Å². The number of aromatic nitrogens is 2. The average Bonchev–Trinajstić information content (AvgIpc) is 3.14. The van der Waals surface area contributed by atoms with E-state index in [0.717, 1.165) is 5.01 Å². The number of carbonyl (C=O) groups excluding carboxylic acids is 2. The van der Waals surface area contributed by atoms with Crippen molar-refractivity contribution in [2.45, 2.75) is 13.0 Å². The van der Waals surface area contributed by atoms with Gasteiger partial charge < -0.3 is 0 Å². The Morgan fingerprint density at radius 1 is 0.897 bits per heavy atom. The van der Waals surface area contributed by atoms with Crippen LogP contribution in [0.3, 0.4) is 0 Å². The van der Waals surface area contributed by atoms with Gasteiger partial charge in [-0.2, -0.15) is 5.11 Å². The molecule has 9 nitrogen and oxygen atoms in total. The second-order valence-electron chi connectivity index (χ2n) is 6.51. The van der Waals surface area contributed by atoms with E-state index in [2.05, 4.69) is 15.7 Å². The third-order valence-corrected chi connectivity index (χ3v) is 4.74. The molecule has 1 aliphatic heterocycles. The molecule has 4 rings (SSSR count). The van der Waals surface area contributed by atoms with Crippen molar-refractivity contribution in [3.05, 3.63) is 76.7 Å². The Bertz CT molecular complexity index is 1160. The molecule has 1 aromatic heterocycles. The maximum absolute atomic E-state index is 12.9. The smallest absolute Gasteiger partial charge is 0.283 e. The van der Waals surface area contributed by atoms with Crippen LogP contribution in [0.15, 0.2) is 75.7 Å². The number of benzene rings is 2. The quantitative estimate of drug-likeness (QED) is 0.545. The number of nitrogens with zero attached hydrogens (tertiary/aromatic N) is 5. The molecule has 0 spiro atoms. The Labute approximate surface area is 165 Å². The molecular formula is C20H18N6O3. The number of amides is 2. The van der Waals surface area contributed by atoms with E-state index < -0.39 is 17.9 Å². The number of hydrogen-bond donors (Lipinski definition) is 1. The molecule has 1 atom stereocenters. The summed E-state index contributed by atoms with van der Waals surface area (Å²) in [5, 5.41) is 9.01. The highest BCUT2D eigenvalue weighted by Gasteiger charge is 2.40. The summed E-state index contributed by atoms with van der Waals surface area (Å²) in [7, 11) is 1.73. The van der Waals surface area contributed by atoms with Crippen molar-refractivity contribution >= 4 is 23.2 Å². The molecule has 146 valence electrons. The first kappa shape index (κ1) is 18.4. The zero-order valence-electron chi connectivity index (χ0n) is 15.8. The summed E-state index contributed by atoms with van der Waals surface area (Å²) in [4.78, 5) is 37.7. The molecule has 0 saturated carbocycles. The number of carbonyl (C=O) groups is 2. The molecule has 3 aromatic rings. The number of azo groups is 1. The topological polar surface area (TPSA) is 101 Å². The number of hydrogen-bond acceptors (Lipinski definition) is 5. The van der Waals surface area contributed by atoms with Gasteiger partial charge in [-0.25, -0.2) is 9.69 Å². The van der Waals surface area contributed by atoms with E-state index >= 15 is 0 Å². The van der Waals surface area contributed by atoms with Crippen LogP contribution >= 0.6 is 0 Å². The van der Waals surface area contributed by atoms with Crippen LogP contribution in [0.25, 0.3) is 5.69 Å². The largest absolute Gasteiger partial charge is 0.299 e. The van der Waals surface area contributed by atoms with Gasteiger partial charge in [0.2, 0.25) is 6.04 Å². The van der Waals surface area contributed by atoms with Crippen molar-refractivity contribution in [3.63, 3.8) is 0 Å². The van der Waals surface area contributed by atoms with E-state index in [0.29, 0.717) is 17.1 Å². The molecule has 1 saturated heterocycles.